The highest BCUT2D eigenvalue weighted by Crippen LogP contribution is 2.41. The maximum absolute atomic E-state index is 6.18. The van der Waals surface area contributed by atoms with Crippen molar-refractivity contribution in [1.82, 2.24) is 15.0 Å². The van der Waals surface area contributed by atoms with Crippen molar-refractivity contribution in [3.8, 4) is 28.3 Å². The zero-order chi connectivity index (χ0) is 17.4. The smallest absolute Gasteiger partial charge is 0.316 e. The van der Waals surface area contributed by atoms with Crippen LogP contribution in [0.1, 0.15) is 0 Å². The second-order valence-corrected chi connectivity index (χ2v) is 6.37. The zero-order valence-electron chi connectivity index (χ0n) is 13.4. The molecule has 0 atom stereocenters. The predicted molar refractivity (Wildman–Crippen MR) is 101 cm³/mol. The van der Waals surface area contributed by atoms with Gasteiger partial charge in [-0.05, 0) is 23.1 Å². The second-order valence-electron chi connectivity index (χ2n) is 5.49. The molecule has 124 valence electrons. The van der Waals surface area contributed by atoms with Gasteiger partial charge in [-0.3, -0.25) is 0 Å². The molecule has 7 heteroatoms. The van der Waals surface area contributed by atoms with Crippen LogP contribution in [0.5, 0.6) is 6.01 Å². The zero-order valence-corrected chi connectivity index (χ0v) is 14.2. The minimum absolute atomic E-state index is 0.331. The SMILES string of the molecule is COc1ncc(-c2cnc(N)c3c(-c4ccc(N)cc4)csc23)cn1. The highest BCUT2D eigenvalue weighted by atomic mass is 32.1. The minimum atomic E-state index is 0.331. The van der Waals surface area contributed by atoms with Gasteiger partial charge in [0.05, 0.1) is 7.11 Å². The van der Waals surface area contributed by atoms with E-state index in [9.17, 15) is 0 Å². The highest BCUT2D eigenvalue weighted by Gasteiger charge is 2.15. The Bertz CT molecular complexity index is 1040. The number of hydrogen-bond acceptors (Lipinski definition) is 7. The van der Waals surface area contributed by atoms with E-state index in [0.29, 0.717) is 11.8 Å². The monoisotopic (exact) mass is 349 g/mol. The fourth-order valence-electron chi connectivity index (χ4n) is 2.71. The fourth-order valence-corrected chi connectivity index (χ4v) is 3.83. The van der Waals surface area contributed by atoms with Gasteiger partial charge in [-0.1, -0.05) is 12.1 Å². The van der Waals surface area contributed by atoms with E-state index in [2.05, 4.69) is 20.3 Å². The number of rotatable bonds is 3. The molecule has 0 bridgehead atoms. The Hall–Kier alpha value is -3.19. The number of benzene rings is 1. The van der Waals surface area contributed by atoms with Crippen molar-refractivity contribution in [2.24, 2.45) is 0 Å². The standard InChI is InChI=1S/C18H15N5OS/c1-24-18-22-6-11(7-23-18)13-8-21-17(20)15-14(9-25-16(13)15)10-2-4-12(19)5-3-10/h2-9H,19H2,1H3,(H2,20,21). The van der Waals surface area contributed by atoms with Gasteiger partial charge in [0.1, 0.15) is 5.82 Å². The van der Waals surface area contributed by atoms with Crippen molar-refractivity contribution in [3.63, 3.8) is 0 Å². The first-order valence-electron chi connectivity index (χ1n) is 7.55. The summed E-state index contributed by atoms with van der Waals surface area (Å²) in [7, 11) is 1.54. The van der Waals surface area contributed by atoms with Crippen LogP contribution in [0.25, 0.3) is 32.3 Å². The van der Waals surface area contributed by atoms with E-state index >= 15 is 0 Å². The Morgan fingerprint density at radius 3 is 2.28 bits per heavy atom. The molecule has 0 amide bonds. The lowest BCUT2D eigenvalue weighted by atomic mass is 10.0. The summed E-state index contributed by atoms with van der Waals surface area (Å²) in [6.07, 6.45) is 5.20. The maximum Gasteiger partial charge on any atom is 0.316 e. The van der Waals surface area contributed by atoms with Crippen molar-refractivity contribution in [3.05, 3.63) is 48.2 Å². The number of anilines is 2. The molecule has 0 saturated heterocycles. The third-order valence-electron chi connectivity index (χ3n) is 3.97. The molecule has 1 aromatic carbocycles. The van der Waals surface area contributed by atoms with Crippen molar-refractivity contribution in [2.75, 3.05) is 18.6 Å². The van der Waals surface area contributed by atoms with Gasteiger partial charge in [-0.25, -0.2) is 15.0 Å². The number of nitrogens with two attached hydrogens (primary N) is 2. The lowest BCUT2D eigenvalue weighted by molar-refractivity contribution is 0.380. The molecule has 0 radical (unpaired) electrons. The van der Waals surface area contributed by atoms with Crippen LogP contribution in [0.2, 0.25) is 0 Å². The number of fused-ring (bicyclic) bond motifs is 1. The number of aromatic nitrogens is 3. The van der Waals surface area contributed by atoms with Crippen LogP contribution in [-0.2, 0) is 0 Å². The summed E-state index contributed by atoms with van der Waals surface area (Å²) in [6, 6.07) is 8.06. The molecule has 0 spiro atoms. The summed E-state index contributed by atoms with van der Waals surface area (Å²) in [4.78, 5) is 12.7. The molecule has 4 rings (SSSR count). The van der Waals surface area contributed by atoms with Crippen LogP contribution in [-0.4, -0.2) is 22.1 Å². The summed E-state index contributed by atoms with van der Waals surface area (Å²) < 4.78 is 6.07. The van der Waals surface area contributed by atoms with Crippen molar-refractivity contribution in [1.29, 1.82) is 0 Å². The molecule has 0 aliphatic heterocycles. The first-order chi connectivity index (χ1) is 12.2. The second kappa shape index (κ2) is 6.03. The predicted octanol–water partition coefficient (Wildman–Crippen LogP) is 3.59. The summed E-state index contributed by atoms with van der Waals surface area (Å²) in [5, 5.41) is 3.02. The third kappa shape index (κ3) is 2.64. The molecular weight excluding hydrogens is 334 g/mol. The van der Waals surface area contributed by atoms with Crippen molar-refractivity contribution < 1.29 is 4.74 Å². The van der Waals surface area contributed by atoms with E-state index in [1.54, 1.807) is 29.9 Å². The van der Waals surface area contributed by atoms with Gasteiger partial charge in [0.2, 0.25) is 0 Å². The first-order valence-corrected chi connectivity index (χ1v) is 8.43. The topological polar surface area (TPSA) is 99.9 Å². The molecule has 0 unspecified atom stereocenters. The Morgan fingerprint density at radius 1 is 0.880 bits per heavy atom. The molecule has 0 fully saturated rings. The fraction of sp³-hybridized carbons (Fsp3) is 0.0556. The number of methoxy groups -OCH3 is 1. The van der Waals surface area contributed by atoms with E-state index in [1.807, 2.05) is 24.3 Å². The summed E-state index contributed by atoms with van der Waals surface area (Å²) in [5.41, 5.74) is 16.6. The van der Waals surface area contributed by atoms with Crippen LogP contribution in [0.4, 0.5) is 11.5 Å². The quantitative estimate of drug-likeness (QED) is 0.548. The van der Waals surface area contributed by atoms with E-state index in [-0.39, 0.29) is 0 Å². The molecule has 0 saturated carbocycles. The number of nitrogen functional groups attached to an aromatic ring is 2. The van der Waals surface area contributed by atoms with Gasteiger partial charge in [0.25, 0.3) is 0 Å². The van der Waals surface area contributed by atoms with Gasteiger partial charge in [0.15, 0.2) is 0 Å². The molecule has 0 aliphatic rings. The molecular formula is C18H15N5OS. The van der Waals surface area contributed by atoms with Gasteiger partial charge >= 0.3 is 6.01 Å². The lowest BCUT2D eigenvalue weighted by Gasteiger charge is -2.07. The van der Waals surface area contributed by atoms with Gasteiger partial charge < -0.3 is 16.2 Å². The number of pyridine rings is 1. The largest absolute Gasteiger partial charge is 0.467 e. The minimum Gasteiger partial charge on any atom is -0.467 e. The van der Waals surface area contributed by atoms with E-state index < -0.39 is 0 Å². The van der Waals surface area contributed by atoms with E-state index in [1.165, 1.54) is 7.11 Å². The summed E-state index contributed by atoms with van der Waals surface area (Å²) in [5.74, 6) is 0.501. The van der Waals surface area contributed by atoms with Gasteiger partial charge in [-0.15, -0.1) is 11.3 Å². The molecule has 0 aliphatic carbocycles. The molecule has 6 nitrogen and oxygen atoms in total. The average Bonchev–Trinajstić information content (AvgIpc) is 3.09. The van der Waals surface area contributed by atoms with E-state index in [0.717, 1.165) is 38.0 Å². The summed E-state index contributed by atoms with van der Waals surface area (Å²) in [6.45, 7) is 0. The van der Waals surface area contributed by atoms with Crippen LogP contribution in [0.15, 0.2) is 48.2 Å². The molecule has 3 aromatic heterocycles. The maximum atomic E-state index is 6.18. The molecule has 4 aromatic rings. The van der Waals surface area contributed by atoms with Crippen molar-refractivity contribution >= 4 is 32.9 Å². The highest BCUT2D eigenvalue weighted by molar-refractivity contribution is 7.18. The Morgan fingerprint density at radius 2 is 1.60 bits per heavy atom. The molecule has 25 heavy (non-hydrogen) atoms. The number of nitrogens with zero attached hydrogens (tertiary/aromatic N) is 3. The normalized spacial score (nSPS) is 10.9. The Kier molecular flexibility index (Phi) is 3.70. The Balaban J connectivity index is 1.90. The first kappa shape index (κ1) is 15.3. The van der Waals surface area contributed by atoms with Gasteiger partial charge in [-0.2, -0.15) is 0 Å². The Labute approximate surface area is 148 Å². The van der Waals surface area contributed by atoms with Crippen LogP contribution in [0.3, 0.4) is 0 Å². The number of thiophene rings is 1. The number of ether oxygens (including phenoxy) is 1. The van der Waals surface area contributed by atoms with Crippen LogP contribution >= 0.6 is 11.3 Å². The van der Waals surface area contributed by atoms with Gasteiger partial charge in [0, 0.05) is 51.1 Å². The lowest BCUT2D eigenvalue weighted by Crippen LogP contribution is -1.94. The molecule has 4 N–H and O–H groups in total. The average molecular weight is 349 g/mol. The van der Waals surface area contributed by atoms with E-state index in [4.69, 9.17) is 16.2 Å². The third-order valence-corrected chi connectivity index (χ3v) is 4.98. The van der Waals surface area contributed by atoms with Crippen molar-refractivity contribution in [2.45, 2.75) is 0 Å². The summed E-state index contributed by atoms with van der Waals surface area (Å²) >= 11 is 1.62. The number of hydrogen-bond donors (Lipinski definition) is 2. The molecule has 3 heterocycles. The van der Waals surface area contributed by atoms with Crippen LogP contribution < -0.4 is 16.2 Å². The van der Waals surface area contributed by atoms with Crippen LogP contribution in [0, 0.1) is 0 Å².